The number of Topliss-reactive ketones (excluding diaryl/α,β-unsaturated/α-hetero) is 2. The number of rotatable bonds is 6. The van der Waals surface area contributed by atoms with Crippen molar-refractivity contribution in [1.82, 2.24) is 20.5 Å². The van der Waals surface area contributed by atoms with Gasteiger partial charge in [-0.25, -0.2) is 4.79 Å². The summed E-state index contributed by atoms with van der Waals surface area (Å²) in [4.78, 5) is 58.8. The summed E-state index contributed by atoms with van der Waals surface area (Å²) in [6.45, 7) is 0.656. The van der Waals surface area contributed by atoms with Gasteiger partial charge in [0, 0.05) is 43.7 Å². The normalized spacial score (nSPS) is 22.9. The van der Waals surface area contributed by atoms with Crippen molar-refractivity contribution >= 4 is 29.2 Å². The van der Waals surface area contributed by atoms with Gasteiger partial charge in [-0.05, 0) is 23.3 Å². The second kappa shape index (κ2) is 10.1. The molecule has 5 rings (SSSR count). The van der Waals surface area contributed by atoms with E-state index in [4.69, 9.17) is 4.74 Å². The Morgan fingerprint density at radius 3 is 2.65 bits per heavy atom. The fourth-order valence-electron chi connectivity index (χ4n) is 4.97. The van der Waals surface area contributed by atoms with Crippen molar-refractivity contribution in [1.29, 1.82) is 0 Å². The molecule has 37 heavy (non-hydrogen) atoms. The van der Waals surface area contributed by atoms with Gasteiger partial charge in [-0.15, -0.1) is 0 Å². The molecule has 1 aromatic heterocycles. The van der Waals surface area contributed by atoms with E-state index in [0.29, 0.717) is 17.7 Å². The molecule has 2 heterocycles. The number of ether oxygens (including phenoxy) is 1. The van der Waals surface area contributed by atoms with Gasteiger partial charge in [0.15, 0.2) is 17.2 Å². The minimum atomic E-state index is -1.29. The second-order valence-electron chi connectivity index (χ2n) is 9.18. The Bertz CT molecular complexity index is 1290. The van der Waals surface area contributed by atoms with Crippen molar-refractivity contribution < 1.29 is 23.9 Å². The maximum atomic E-state index is 13.5. The molecule has 1 spiro atoms. The van der Waals surface area contributed by atoms with Crippen molar-refractivity contribution in [2.45, 2.75) is 24.6 Å². The van der Waals surface area contributed by atoms with E-state index in [9.17, 15) is 19.2 Å². The van der Waals surface area contributed by atoms with Crippen molar-refractivity contribution in [3.63, 3.8) is 0 Å². The van der Waals surface area contributed by atoms with Gasteiger partial charge in [0.2, 0.25) is 5.91 Å². The molecule has 10 heteroatoms. The van der Waals surface area contributed by atoms with Crippen LogP contribution in [0.15, 0.2) is 78.2 Å². The Balaban J connectivity index is 1.32. The number of aromatic nitrogens is 1. The maximum Gasteiger partial charge on any atom is 0.315 e. The molecule has 2 aromatic rings. The Morgan fingerprint density at radius 1 is 1.16 bits per heavy atom. The Morgan fingerprint density at radius 2 is 1.92 bits per heavy atom. The van der Waals surface area contributed by atoms with E-state index < -0.39 is 17.7 Å². The third-order valence-corrected chi connectivity index (χ3v) is 6.85. The van der Waals surface area contributed by atoms with Crippen LogP contribution < -0.4 is 15.5 Å². The van der Waals surface area contributed by atoms with E-state index in [1.807, 2.05) is 30.3 Å². The summed E-state index contributed by atoms with van der Waals surface area (Å²) in [7, 11) is 1.46. The number of ketones is 2. The average Bonchev–Trinajstić information content (AvgIpc) is 3.46. The van der Waals surface area contributed by atoms with Crippen LogP contribution in [0.5, 0.6) is 0 Å². The molecule has 2 atom stereocenters. The van der Waals surface area contributed by atoms with Crippen LogP contribution in [0.25, 0.3) is 0 Å². The van der Waals surface area contributed by atoms with E-state index in [2.05, 4.69) is 15.6 Å². The molecule has 1 fully saturated rings. The summed E-state index contributed by atoms with van der Waals surface area (Å²) in [6, 6.07) is 11.9. The third-order valence-electron chi connectivity index (χ3n) is 6.85. The van der Waals surface area contributed by atoms with Crippen LogP contribution in [0.2, 0.25) is 0 Å². The number of fused-ring (bicyclic) bond motifs is 1. The number of nitrogens with one attached hydrogen (secondary N) is 2. The lowest BCUT2D eigenvalue weighted by Gasteiger charge is -2.27. The van der Waals surface area contributed by atoms with Gasteiger partial charge >= 0.3 is 6.03 Å². The zero-order chi connectivity index (χ0) is 26.0. The average molecular weight is 502 g/mol. The predicted octanol–water partition coefficient (Wildman–Crippen LogP) is 1.35. The minimum Gasteiger partial charge on any atom is -0.346 e. The summed E-state index contributed by atoms with van der Waals surface area (Å²) in [5.41, 5.74) is 1.28. The zero-order valence-corrected chi connectivity index (χ0v) is 20.3. The highest BCUT2D eigenvalue weighted by Gasteiger charge is 2.55. The number of urea groups is 1. The summed E-state index contributed by atoms with van der Waals surface area (Å²) < 4.78 is 6.02. The SMILES string of the molecule is CNC(=O)NC1C=CC2=C(CC(=O)[C@]23CN(CC(=O)N(Cc2ccccc2)c2ccncc2)CO3)C1=O. The molecule has 190 valence electrons. The third kappa shape index (κ3) is 4.68. The van der Waals surface area contributed by atoms with Crippen LogP contribution in [-0.2, 0) is 25.7 Å². The van der Waals surface area contributed by atoms with Crippen LogP contribution in [-0.4, -0.2) is 71.9 Å². The van der Waals surface area contributed by atoms with Crippen LogP contribution in [0.4, 0.5) is 10.5 Å². The number of carbonyl (C=O) groups excluding carboxylic acids is 4. The van der Waals surface area contributed by atoms with Gasteiger partial charge in [-0.2, -0.15) is 0 Å². The van der Waals surface area contributed by atoms with Crippen molar-refractivity contribution in [3.8, 4) is 0 Å². The Kier molecular flexibility index (Phi) is 6.68. The molecule has 0 radical (unpaired) electrons. The molecule has 0 saturated carbocycles. The van der Waals surface area contributed by atoms with Crippen LogP contribution in [0.3, 0.4) is 0 Å². The number of anilines is 1. The van der Waals surface area contributed by atoms with E-state index in [-0.39, 0.29) is 43.7 Å². The van der Waals surface area contributed by atoms with Gasteiger partial charge in [-0.1, -0.05) is 42.5 Å². The molecule has 3 amide bonds. The van der Waals surface area contributed by atoms with Crippen LogP contribution >= 0.6 is 0 Å². The zero-order valence-electron chi connectivity index (χ0n) is 20.3. The van der Waals surface area contributed by atoms with Crippen LogP contribution in [0.1, 0.15) is 12.0 Å². The topological polar surface area (TPSA) is 121 Å². The highest BCUT2D eigenvalue weighted by molar-refractivity contribution is 6.14. The lowest BCUT2D eigenvalue weighted by molar-refractivity contribution is -0.131. The monoisotopic (exact) mass is 501 g/mol. The van der Waals surface area contributed by atoms with Gasteiger partial charge < -0.3 is 20.3 Å². The van der Waals surface area contributed by atoms with Crippen LogP contribution in [0, 0.1) is 0 Å². The Labute approximate surface area is 214 Å². The number of pyridine rings is 1. The summed E-state index contributed by atoms with van der Waals surface area (Å²) in [5, 5.41) is 4.99. The fraction of sp³-hybridized carbons (Fsp3) is 0.296. The van der Waals surface area contributed by atoms with E-state index in [0.717, 1.165) is 11.3 Å². The number of hydrogen-bond acceptors (Lipinski definition) is 7. The predicted molar refractivity (Wildman–Crippen MR) is 134 cm³/mol. The smallest absolute Gasteiger partial charge is 0.315 e. The summed E-state index contributed by atoms with van der Waals surface area (Å²) in [5.74, 6) is -0.696. The van der Waals surface area contributed by atoms with Gasteiger partial charge in [-0.3, -0.25) is 24.3 Å². The van der Waals surface area contributed by atoms with Crippen molar-refractivity contribution in [3.05, 3.63) is 83.7 Å². The van der Waals surface area contributed by atoms with Gasteiger partial charge in [0.1, 0.15) is 12.8 Å². The first-order valence-electron chi connectivity index (χ1n) is 12.0. The number of amides is 3. The molecule has 1 saturated heterocycles. The van der Waals surface area contributed by atoms with Crippen molar-refractivity contribution in [2.75, 3.05) is 31.8 Å². The second-order valence-corrected chi connectivity index (χ2v) is 9.18. The molecular formula is C27H27N5O5. The van der Waals surface area contributed by atoms with E-state index >= 15 is 0 Å². The largest absolute Gasteiger partial charge is 0.346 e. The number of benzene rings is 1. The molecule has 1 aliphatic heterocycles. The van der Waals surface area contributed by atoms with E-state index in [1.54, 1.807) is 46.5 Å². The lowest BCUT2D eigenvalue weighted by Crippen LogP contribution is -2.46. The van der Waals surface area contributed by atoms with Crippen molar-refractivity contribution in [2.24, 2.45) is 0 Å². The lowest BCUT2D eigenvalue weighted by atomic mass is 9.88. The number of nitrogens with zero attached hydrogens (tertiary/aromatic N) is 3. The number of hydrogen-bond donors (Lipinski definition) is 2. The molecule has 0 bridgehead atoms. The van der Waals surface area contributed by atoms with Gasteiger partial charge in [0.25, 0.3) is 0 Å². The highest BCUT2D eigenvalue weighted by atomic mass is 16.5. The molecule has 2 aliphatic carbocycles. The molecule has 1 unspecified atom stereocenters. The fourth-order valence-corrected chi connectivity index (χ4v) is 4.97. The van der Waals surface area contributed by atoms with Gasteiger partial charge in [0.05, 0.1) is 13.1 Å². The molecule has 10 nitrogen and oxygen atoms in total. The molecule has 2 N–H and O–H groups in total. The maximum absolute atomic E-state index is 13.5. The standard InChI is InChI=1S/C27H27N5O5/c1-28-26(36)30-22-8-7-21-20(25(22)35)13-23(33)27(21)16-31(17-37-27)15-24(34)32(19-9-11-29-12-10-19)14-18-5-3-2-4-6-18/h2-12,22H,13-17H2,1H3,(H2,28,30,36)/t22?,27-/m0/s1. The quantitative estimate of drug-likeness (QED) is 0.613. The highest BCUT2D eigenvalue weighted by Crippen LogP contribution is 2.42. The summed E-state index contributed by atoms with van der Waals surface area (Å²) >= 11 is 0. The van der Waals surface area contributed by atoms with E-state index in [1.165, 1.54) is 7.05 Å². The molecule has 1 aromatic carbocycles. The Hall–Kier alpha value is -4.15. The molecular weight excluding hydrogens is 474 g/mol. The summed E-state index contributed by atoms with van der Waals surface area (Å²) in [6.07, 6.45) is 6.46. The minimum absolute atomic E-state index is 0.0330. The first kappa shape index (κ1) is 24.5. The first-order valence-corrected chi connectivity index (χ1v) is 12.0. The molecule has 3 aliphatic rings. The number of carbonyl (C=O) groups is 4. The first-order chi connectivity index (χ1) is 17.9.